The molecule has 3 aromatic heterocycles. The van der Waals surface area contributed by atoms with Crippen molar-refractivity contribution in [3.8, 4) is 0 Å². The summed E-state index contributed by atoms with van der Waals surface area (Å²) in [6.07, 6.45) is 0.797. The van der Waals surface area contributed by atoms with Gasteiger partial charge in [0.1, 0.15) is 16.9 Å². The fourth-order valence-electron chi connectivity index (χ4n) is 4.28. The summed E-state index contributed by atoms with van der Waals surface area (Å²) < 4.78 is 7.56. The third-order valence-electron chi connectivity index (χ3n) is 5.61. The van der Waals surface area contributed by atoms with Gasteiger partial charge in [-0.25, -0.2) is 9.97 Å². The Hall–Kier alpha value is -2.78. The van der Waals surface area contributed by atoms with Crippen LogP contribution in [0.1, 0.15) is 39.1 Å². The number of aryl methyl sites for hydroxylation is 2. The fourth-order valence-corrected chi connectivity index (χ4v) is 4.28. The molecule has 4 heterocycles. The van der Waals surface area contributed by atoms with Gasteiger partial charge in [0.15, 0.2) is 5.82 Å². The summed E-state index contributed by atoms with van der Waals surface area (Å²) in [5.74, 6) is 2.21. The van der Waals surface area contributed by atoms with Gasteiger partial charge in [-0.05, 0) is 46.2 Å². The number of hydrogen-bond acceptors (Lipinski definition) is 8. The van der Waals surface area contributed by atoms with E-state index in [1.807, 2.05) is 36.7 Å². The maximum Gasteiger partial charge on any atom is 0.228 e. The van der Waals surface area contributed by atoms with Gasteiger partial charge in [0.25, 0.3) is 0 Å². The Labute approximate surface area is 189 Å². The lowest BCUT2D eigenvalue weighted by Gasteiger charge is -2.36. The van der Waals surface area contributed by atoms with E-state index in [9.17, 15) is 0 Å². The molecule has 0 aliphatic carbocycles. The topological polar surface area (TPSA) is 93.0 Å². The van der Waals surface area contributed by atoms with Crippen LogP contribution in [0.25, 0.3) is 11.0 Å². The molecule has 3 aromatic rings. The lowest BCUT2D eigenvalue weighted by molar-refractivity contribution is 0.137. The smallest absolute Gasteiger partial charge is 0.228 e. The molecule has 172 valence electrons. The van der Waals surface area contributed by atoms with E-state index in [-0.39, 0.29) is 0 Å². The molecule has 32 heavy (non-hydrogen) atoms. The second-order valence-corrected chi connectivity index (χ2v) is 8.45. The maximum absolute atomic E-state index is 5.60. The van der Waals surface area contributed by atoms with Gasteiger partial charge in [-0.1, -0.05) is 13.0 Å². The van der Waals surface area contributed by atoms with Crippen molar-refractivity contribution in [3.63, 3.8) is 0 Å². The number of pyridine rings is 1. The molecule has 1 saturated heterocycles. The zero-order valence-corrected chi connectivity index (χ0v) is 19.7. The summed E-state index contributed by atoms with van der Waals surface area (Å²) >= 11 is 0. The van der Waals surface area contributed by atoms with Gasteiger partial charge in [0.2, 0.25) is 5.95 Å². The van der Waals surface area contributed by atoms with E-state index in [0.29, 0.717) is 31.8 Å². The average Bonchev–Trinajstić information content (AvgIpc) is 3.11. The number of rotatable bonds is 8. The van der Waals surface area contributed by atoms with Gasteiger partial charge in [0.05, 0.1) is 18.8 Å². The summed E-state index contributed by atoms with van der Waals surface area (Å²) in [5, 5.41) is 11.9. The predicted molar refractivity (Wildman–Crippen MR) is 128 cm³/mol. The second-order valence-electron chi connectivity index (χ2n) is 8.45. The van der Waals surface area contributed by atoms with E-state index in [1.54, 1.807) is 0 Å². The first-order chi connectivity index (χ1) is 15.5. The number of nitrogens with zero attached hydrogens (tertiary/aromatic N) is 6. The third-order valence-corrected chi connectivity index (χ3v) is 5.61. The quantitative estimate of drug-likeness (QED) is 0.519. The molecular weight excluding hydrogens is 404 g/mol. The Morgan fingerprint density at radius 3 is 2.59 bits per heavy atom. The van der Waals surface area contributed by atoms with Crippen molar-refractivity contribution in [2.24, 2.45) is 0 Å². The first-order valence-electron chi connectivity index (χ1n) is 11.5. The summed E-state index contributed by atoms with van der Waals surface area (Å²) in [5.41, 5.74) is 3.70. The largest absolute Gasteiger partial charge is 0.380 e. The summed E-state index contributed by atoms with van der Waals surface area (Å²) in [4.78, 5) is 16.9. The van der Waals surface area contributed by atoms with E-state index < -0.39 is 0 Å². The maximum atomic E-state index is 5.60. The van der Waals surface area contributed by atoms with Gasteiger partial charge in [-0.2, -0.15) is 10.1 Å². The molecule has 9 nitrogen and oxygen atoms in total. The first kappa shape index (κ1) is 22.4. The molecule has 9 heteroatoms. The van der Waals surface area contributed by atoms with Crippen molar-refractivity contribution < 1.29 is 4.74 Å². The van der Waals surface area contributed by atoms with Gasteiger partial charge in [-0.15, -0.1) is 0 Å². The SMILES string of the molecule is CCOCCn1nc(CC)c2nc(N3C[C@@H](C)N[C@@H](C)C3)nc(Nc3cccc(C)n3)c21. The highest BCUT2D eigenvalue weighted by Crippen LogP contribution is 2.29. The van der Waals surface area contributed by atoms with Gasteiger partial charge >= 0.3 is 0 Å². The molecule has 0 radical (unpaired) electrons. The molecule has 2 atom stereocenters. The minimum atomic E-state index is 0.368. The van der Waals surface area contributed by atoms with Crippen LogP contribution in [0.4, 0.5) is 17.6 Å². The zero-order chi connectivity index (χ0) is 22.7. The van der Waals surface area contributed by atoms with Gasteiger partial charge in [0, 0.05) is 37.5 Å². The van der Waals surface area contributed by atoms with E-state index in [1.165, 1.54) is 0 Å². The highest BCUT2D eigenvalue weighted by atomic mass is 16.5. The van der Waals surface area contributed by atoms with Crippen LogP contribution < -0.4 is 15.5 Å². The number of aromatic nitrogens is 5. The van der Waals surface area contributed by atoms with Crippen molar-refractivity contribution >= 4 is 28.6 Å². The molecule has 1 aliphatic rings. The molecule has 2 N–H and O–H groups in total. The van der Waals surface area contributed by atoms with Crippen LogP contribution in [0, 0.1) is 6.92 Å². The van der Waals surface area contributed by atoms with Crippen molar-refractivity contribution in [1.29, 1.82) is 0 Å². The Morgan fingerprint density at radius 1 is 1.12 bits per heavy atom. The minimum absolute atomic E-state index is 0.368. The summed E-state index contributed by atoms with van der Waals surface area (Å²) in [6.45, 7) is 14.1. The van der Waals surface area contributed by atoms with Crippen molar-refractivity contribution in [1.82, 2.24) is 30.0 Å². The molecule has 0 aromatic carbocycles. The lowest BCUT2D eigenvalue weighted by atomic mass is 10.1. The third kappa shape index (κ3) is 4.83. The van der Waals surface area contributed by atoms with Crippen LogP contribution >= 0.6 is 0 Å². The Bertz CT molecular complexity index is 1060. The molecule has 0 unspecified atom stereocenters. The Balaban J connectivity index is 1.82. The van der Waals surface area contributed by atoms with Gasteiger partial charge in [-0.3, -0.25) is 4.68 Å². The number of piperazine rings is 1. The normalized spacial score (nSPS) is 19.0. The fraction of sp³-hybridized carbons (Fsp3) is 0.565. The van der Waals surface area contributed by atoms with Crippen LogP contribution in [0.15, 0.2) is 18.2 Å². The Morgan fingerprint density at radius 2 is 1.91 bits per heavy atom. The van der Waals surface area contributed by atoms with Crippen molar-refractivity contribution in [2.75, 3.05) is 36.5 Å². The average molecular weight is 439 g/mol. The van der Waals surface area contributed by atoms with E-state index in [0.717, 1.165) is 59.5 Å². The van der Waals surface area contributed by atoms with Crippen LogP contribution in [0.3, 0.4) is 0 Å². The molecule has 0 spiro atoms. The van der Waals surface area contributed by atoms with Crippen molar-refractivity contribution in [2.45, 2.75) is 59.7 Å². The molecule has 1 fully saturated rings. The number of nitrogens with one attached hydrogen (secondary N) is 2. The highest BCUT2D eigenvalue weighted by molar-refractivity contribution is 5.90. The predicted octanol–water partition coefficient (Wildman–Crippen LogP) is 3.06. The van der Waals surface area contributed by atoms with Crippen LogP contribution in [-0.2, 0) is 17.7 Å². The van der Waals surface area contributed by atoms with E-state index in [2.05, 4.69) is 41.3 Å². The summed E-state index contributed by atoms with van der Waals surface area (Å²) in [6, 6.07) is 6.67. The van der Waals surface area contributed by atoms with Crippen LogP contribution in [0.2, 0.25) is 0 Å². The van der Waals surface area contributed by atoms with Crippen molar-refractivity contribution in [3.05, 3.63) is 29.6 Å². The lowest BCUT2D eigenvalue weighted by Crippen LogP contribution is -2.54. The van der Waals surface area contributed by atoms with Crippen LogP contribution in [0.5, 0.6) is 0 Å². The second kappa shape index (κ2) is 9.79. The number of fused-ring (bicyclic) bond motifs is 1. The highest BCUT2D eigenvalue weighted by Gasteiger charge is 2.26. The molecule has 0 amide bonds. The Kier molecular flexibility index (Phi) is 6.86. The monoisotopic (exact) mass is 438 g/mol. The number of anilines is 3. The number of hydrogen-bond donors (Lipinski definition) is 2. The number of ether oxygens (including phenoxy) is 1. The molecular formula is C23H34N8O. The van der Waals surface area contributed by atoms with Gasteiger partial charge < -0.3 is 20.3 Å². The van der Waals surface area contributed by atoms with E-state index >= 15 is 0 Å². The van der Waals surface area contributed by atoms with Crippen LogP contribution in [-0.4, -0.2) is 63.1 Å². The first-order valence-corrected chi connectivity index (χ1v) is 11.5. The van der Waals surface area contributed by atoms with E-state index in [4.69, 9.17) is 19.8 Å². The standard InChI is InChI=1S/C23H34N8O/c1-6-18-20-21(31(29-18)11-12-32-7-2)22(26-19-10-8-9-15(3)25-19)28-23(27-20)30-13-16(4)24-17(5)14-30/h8-10,16-17,24H,6-7,11-14H2,1-5H3,(H,25,26,27,28)/t16-,17+. The minimum Gasteiger partial charge on any atom is -0.380 e. The molecule has 4 rings (SSSR count). The molecule has 0 bridgehead atoms. The zero-order valence-electron chi connectivity index (χ0n) is 19.7. The summed E-state index contributed by atoms with van der Waals surface area (Å²) in [7, 11) is 0. The molecule has 1 aliphatic heterocycles. The molecule has 0 saturated carbocycles.